The molecular weight excluding hydrogens is 331 g/mol. The molecule has 0 fully saturated rings. The van der Waals surface area contributed by atoms with Crippen LogP contribution in [-0.4, -0.2) is 21.1 Å². The van der Waals surface area contributed by atoms with Crippen molar-refractivity contribution in [1.82, 2.24) is 4.72 Å². The van der Waals surface area contributed by atoms with Crippen molar-refractivity contribution in [3.63, 3.8) is 0 Å². The minimum Gasteiger partial charge on any atom is -0.210 e. The molecule has 0 unspecified atom stereocenters. The molecule has 0 radical (unpaired) electrons. The first-order chi connectivity index (χ1) is 7.22. The second-order valence-electron chi connectivity index (χ2n) is 2.82. The van der Waals surface area contributed by atoms with Gasteiger partial charge >= 0.3 is 6.18 Å². The number of alkyl halides is 3. The summed E-state index contributed by atoms with van der Waals surface area (Å²) in [6.45, 7) is -0.657. The van der Waals surface area contributed by atoms with Crippen LogP contribution in [0.2, 0.25) is 0 Å². The van der Waals surface area contributed by atoms with Gasteiger partial charge in [0.25, 0.3) is 10.0 Å². The SMILES string of the molecule is O=S(=O)(NCCC(F)(F)F)c1sccc1Br. The molecule has 0 spiro atoms. The minimum absolute atomic E-state index is 0.0188. The van der Waals surface area contributed by atoms with Crippen molar-refractivity contribution in [2.24, 2.45) is 0 Å². The highest BCUT2D eigenvalue weighted by Crippen LogP contribution is 2.27. The van der Waals surface area contributed by atoms with Gasteiger partial charge in [-0.2, -0.15) is 13.2 Å². The maximum Gasteiger partial charge on any atom is 0.390 e. The van der Waals surface area contributed by atoms with Crippen molar-refractivity contribution < 1.29 is 21.6 Å². The number of hydrogen-bond acceptors (Lipinski definition) is 3. The summed E-state index contributed by atoms with van der Waals surface area (Å²) in [5, 5.41) is 1.53. The fourth-order valence-electron chi connectivity index (χ4n) is 0.864. The fourth-order valence-corrected chi connectivity index (χ4v) is 4.28. The molecule has 1 aromatic heterocycles. The molecule has 1 aromatic rings. The van der Waals surface area contributed by atoms with Crippen molar-refractivity contribution in [3.8, 4) is 0 Å². The van der Waals surface area contributed by atoms with Crippen molar-refractivity contribution in [2.45, 2.75) is 16.8 Å². The molecule has 0 bridgehead atoms. The number of halogens is 4. The lowest BCUT2D eigenvalue weighted by Gasteiger charge is -2.07. The van der Waals surface area contributed by atoms with Gasteiger partial charge in [0.2, 0.25) is 0 Å². The number of thiophene rings is 1. The van der Waals surface area contributed by atoms with Gasteiger partial charge in [0.15, 0.2) is 0 Å². The van der Waals surface area contributed by atoms with Gasteiger partial charge in [-0.3, -0.25) is 0 Å². The summed E-state index contributed by atoms with van der Waals surface area (Å²) < 4.78 is 60.7. The zero-order valence-electron chi connectivity index (χ0n) is 7.71. The molecule has 3 nitrogen and oxygen atoms in total. The summed E-state index contributed by atoms with van der Waals surface area (Å²) >= 11 is 3.94. The van der Waals surface area contributed by atoms with E-state index in [1.54, 1.807) is 0 Å². The van der Waals surface area contributed by atoms with Crippen LogP contribution < -0.4 is 4.72 Å². The van der Waals surface area contributed by atoms with E-state index in [0.717, 1.165) is 11.3 Å². The topological polar surface area (TPSA) is 46.2 Å². The Morgan fingerprint density at radius 1 is 1.44 bits per heavy atom. The van der Waals surface area contributed by atoms with E-state index < -0.39 is 29.2 Å². The maximum absolute atomic E-state index is 11.8. The molecule has 0 aromatic carbocycles. The quantitative estimate of drug-likeness (QED) is 0.918. The van der Waals surface area contributed by atoms with E-state index in [2.05, 4.69) is 15.9 Å². The molecule has 0 saturated carbocycles. The molecule has 1 heterocycles. The summed E-state index contributed by atoms with van der Waals surface area (Å²) in [7, 11) is -3.85. The van der Waals surface area contributed by atoms with Crippen molar-refractivity contribution in [1.29, 1.82) is 0 Å². The molecule has 0 aliphatic carbocycles. The van der Waals surface area contributed by atoms with Crippen LogP contribution in [0.4, 0.5) is 13.2 Å². The number of nitrogens with one attached hydrogen (secondary N) is 1. The molecule has 0 saturated heterocycles. The van der Waals surface area contributed by atoms with Crippen molar-refractivity contribution in [2.75, 3.05) is 6.54 Å². The monoisotopic (exact) mass is 337 g/mol. The zero-order valence-corrected chi connectivity index (χ0v) is 10.9. The normalized spacial score (nSPS) is 13.0. The fraction of sp³-hybridized carbons (Fsp3) is 0.429. The summed E-state index contributed by atoms with van der Waals surface area (Å²) in [6, 6.07) is 1.52. The van der Waals surface area contributed by atoms with E-state index in [-0.39, 0.29) is 4.21 Å². The molecule has 1 rings (SSSR count). The standard InChI is InChI=1S/C7H7BrF3NO2S2/c8-5-1-4-15-6(5)16(13,14)12-3-2-7(9,10)11/h1,4,12H,2-3H2. The first kappa shape index (κ1) is 13.9. The van der Waals surface area contributed by atoms with E-state index in [1.807, 2.05) is 4.72 Å². The molecule has 0 amide bonds. The van der Waals surface area contributed by atoms with Gasteiger partial charge in [0.1, 0.15) is 4.21 Å². The summed E-state index contributed by atoms with van der Waals surface area (Å²) in [4.78, 5) is 0. The Hall–Kier alpha value is -0.120. The second kappa shape index (κ2) is 5.03. The predicted molar refractivity (Wildman–Crippen MR) is 57.9 cm³/mol. The minimum atomic E-state index is -4.37. The van der Waals surface area contributed by atoms with Gasteiger partial charge < -0.3 is 0 Å². The largest absolute Gasteiger partial charge is 0.390 e. The van der Waals surface area contributed by atoms with Gasteiger partial charge in [0, 0.05) is 11.0 Å². The Kier molecular flexibility index (Phi) is 4.38. The van der Waals surface area contributed by atoms with Crippen molar-refractivity contribution in [3.05, 3.63) is 15.9 Å². The van der Waals surface area contributed by atoms with Gasteiger partial charge in [0.05, 0.1) is 6.42 Å². The van der Waals surface area contributed by atoms with Gasteiger partial charge in [-0.1, -0.05) is 0 Å². The number of hydrogen-bond donors (Lipinski definition) is 1. The lowest BCUT2D eigenvalue weighted by Crippen LogP contribution is -2.27. The van der Waals surface area contributed by atoms with Crippen LogP contribution >= 0.6 is 27.3 Å². The lowest BCUT2D eigenvalue weighted by molar-refractivity contribution is -0.132. The maximum atomic E-state index is 11.8. The molecule has 0 aliphatic heterocycles. The number of rotatable bonds is 4. The van der Waals surface area contributed by atoms with Crippen LogP contribution in [0, 0.1) is 0 Å². The van der Waals surface area contributed by atoms with E-state index in [1.165, 1.54) is 11.4 Å². The second-order valence-corrected chi connectivity index (χ2v) is 6.55. The van der Waals surface area contributed by atoms with Crippen LogP contribution in [-0.2, 0) is 10.0 Å². The van der Waals surface area contributed by atoms with E-state index >= 15 is 0 Å². The Bertz CT molecular complexity index is 454. The van der Waals surface area contributed by atoms with Crippen LogP contribution in [0.5, 0.6) is 0 Å². The first-order valence-corrected chi connectivity index (χ1v) is 7.17. The molecule has 1 N–H and O–H groups in total. The Morgan fingerprint density at radius 2 is 2.06 bits per heavy atom. The summed E-state index contributed by atoms with van der Waals surface area (Å²) in [5.41, 5.74) is 0. The van der Waals surface area contributed by atoms with Gasteiger partial charge in [-0.15, -0.1) is 11.3 Å². The van der Waals surface area contributed by atoms with Crippen molar-refractivity contribution >= 4 is 37.3 Å². The summed E-state index contributed by atoms with van der Waals surface area (Å²) in [6.07, 6.45) is -5.55. The Labute approximate surface area is 103 Å². The lowest BCUT2D eigenvalue weighted by atomic mass is 10.4. The highest BCUT2D eigenvalue weighted by Gasteiger charge is 2.28. The third-order valence-corrected chi connectivity index (χ3v) is 5.66. The average molecular weight is 338 g/mol. The Morgan fingerprint density at radius 3 is 2.50 bits per heavy atom. The van der Waals surface area contributed by atoms with Crippen LogP contribution in [0.25, 0.3) is 0 Å². The van der Waals surface area contributed by atoms with E-state index in [4.69, 9.17) is 0 Å². The zero-order chi connectivity index (χ0) is 12.4. The third-order valence-electron chi connectivity index (χ3n) is 1.53. The third kappa shape index (κ3) is 4.04. The highest BCUT2D eigenvalue weighted by molar-refractivity contribution is 9.10. The molecule has 0 aliphatic rings. The molecule has 9 heteroatoms. The molecule has 16 heavy (non-hydrogen) atoms. The predicted octanol–water partition coefficient (Wildman–Crippen LogP) is 2.74. The van der Waals surface area contributed by atoms with Crippen LogP contribution in [0.3, 0.4) is 0 Å². The van der Waals surface area contributed by atoms with Crippen LogP contribution in [0.15, 0.2) is 20.1 Å². The number of sulfonamides is 1. The highest BCUT2D eigenvalue weighted by atomic mass is 79.9. The smallest absolute Gasteiger partial charge is 0.210 e. The van der Waals surface area contributed by atoms with Gasteiger partial charge in [-0.05, 0) is 27.4 Å². The Balaban J connectivity index is 2.64. The van der Waals surface area contributed by atoms with Gasteiger partial charge in [-0.25, -0.2) is 13.1 Å². The summed E-state index contributed by atoms with van der Waals surface area (Å²) in [5.74, 6) is 0. The van der Waals surface area contributed by atoms with E-state index in [0.29, 0.717) is 4.47 Å². The molecule has 92 valence electrons. The van der Waals surface area contributed by atoms with Crippen LogP contribution in [0.1, 0.15) is 6.42 Å². The molecule has 0 atom stereocenters. The van der Waals surface area contributed by atoms with E-state index in [9.17, 15) is 21.6 Å². The molecular formula is C7H7BrF3NO2S2. The average Bonchev–Trinajstić information content (AvgIpc) is 2.48. The first-order valence-electron chi connectivity index (χ1n) is 4.02.